The third-order valence-corrected chi connectivity index (χ3v) is 4.33. The molecule has 20 heavy (non-hydrogen) atoms. The van der Waals surface area contributed by atoms with Crippen molar-refractivity contribution >= 4 is 11.8 Å². The summed E-state index contributed by atoms with van der Waals surface area (Å²) < 4.78 is 1.90. The van der Waals surface area contributed by atoms with Crippen molar-refractivity contribution in [1.29, 1.82) is 0 Å². The number of nitrogens with zero attached hydrogens (tertiary/aromatic N) is 5. The Bertz CT molecular complexity index is 375. The lowest BCUT2D eigenvalue weighted by Crippen LogP contribution is -2.25. The van der Waals surface area contributed by atoms with E-state index >= 15 is 0 Å². The summed E-state index contributed by atoms with van der Waals surface area (Å²) in [6.45, 7) is 10.9. The predicted molar refractivity (Wildman–Crippen MR) is 81.9 cm³/mol. The van der Waals surface area contributed by atoms with Crippen LogP contribution in [-0.2, 0) is 6.54 Å². The van der Waals surface area contributed by atoms with Crippen LogP contribution >= 0.6 is 11.8 Å². The molecule has 1 aliphatic heterocycles. The van der Waals surface area contributed by atoms with Gasteiger partial charge in [0.15, 0.2) is 0 Å². The second-order valence-electron chi connectivity index (χ2n) is 5.68. The summed E-state index contributed by atoms with van der Waals surface area (Å²) >= 11 is 1.76. The highest BCUT2D eigenvalue weighted by Crippen LogP contribution is 2.15. The first-order valence-electron chi connectivity index (χ1n) is 7.57. The first-order chi connectivity index (χ1) is 9.75. The molecule has 2 rings (SSSR count). The third kappa shape index (κ3) is 5.38. The fourth-order valence-corrected chi connectivity index (χ4v) is 3.19. The molecule has 6 nitrogen and oxygen atoms in total. The largest absolute Gasteiger partial charge is 0.315 e. The van der Waals surface area contributed by atoms with Crippen LogP contribution in [0.15, 0.2) is 5.16 Å². The van der Waals surface area contributed by atoms with E-state index in [1.807, 2.05) is 4.68 Å². The van der Waals surface area contributed by atoms with E-state index in [1.165, 1.54) is 25.9 Å². The van der Waals surface area contributed by atoms with Crippen LogP contribution in [0.1, 0.15) is 26.7 Å². The summed E-state index contributed by atoms with van der Waals surface area (Å²) in [6, 6.07) is 0. The van der Waals surface area contributed by atoms with Crippen LogP contribution in [0.2, 0.25) is 0 Å². The summed E-state index contributed by atoms with van der Waals surface area (Å²) in [4.78, 5) is 2.52. The van der Waals surface area contributed by atoms with Crippen LogP contribution in [0, 0.1) is 5.92 Å². The van der Waals surface area contributed by atoms with Gasteiger partial charge in [0.2, 0.25) is 5.16 Å². The molecule has 114 valence electrons. The number of hydrogen-bond acceptors (Lipinski definition) is 6. The normalized spacial score (nSPS) is 16.4. The van der Waals surface area contributed by atoms with Crippen molar-refractivity contribution < 1.29 is 0 Å². The van der Waals surface area contributed by atoms with Crippen molar-refractivity contribution in [3.05, 3.63) is 0 Å². The van der Waals surface area contributed by atoms with Crippen molar-refractivity contribution in [2.45, 2.75) is 38.4 Å². The Labute approximate surface area is 125 Å². The molecule has 0 aromatic carbocycles. The van der Waals surface area contributed by atoms with Crippen molar-refractivity contribution in [3.63, 3.8) is 0 Å². The molecular formula is C13H26N6S. The van der Waals surface area contributed by atoms with Gasteiger partial charge in [0.1, 0.15) is 0 Å². The molecule has 0 aliphatic carbocycles. The molecule has 1 N–H and O–H groups in total. The van der Waals surface area contributed by atoms with Gasteiger partial charge in [-0.1, -0.05) is 25.6 Å². The number of likely N-dealkylation sites (tertiary alicyclic amines) is 1. The van der Waals surface area contributed by atoms with Gasteiger partial charge < -0.3 is 10.2 Å². The fourth-order valence-electron chi connectivity index (χ4n) is 2.29. The number of thioether (sulfide) groups is 1. The van der Waals surface area contributed by atoms with Crippen molar-refractivity contribution in [1.82, 2.24) is 30.4 Å². The lowest BCUT2D eigenvalue weighted by molar-refractivity contribution is 0.361. The Morgan fingerprint density at radius 2 is 2.05 bits per heavy atom. The number of nitrogens with one attached hydrogen (secondary N) is 1. The van der Waals surface area contributed by atoms with Gasteiger partial charge in [-0.15, -0.1) is 5.10 Å². The maximum absolute atomic E-state index is 4.11. The zero-order valence-corrected chi connectivity index (χ0v) is 13.4. The first-order valence-corrected chi connectivity index (χ1v) is 8.56. The average Bonchev–Trinajstić information content (AvgIpc) is 3.06. The van der Waals surface area contributed by atoms with Crippen LogP contribution in [0.4, 0.5) is 0 Å². The van der Waals surface area contributed by atoms with E-state index in [2.05, 4.69) is 39.6 Å². The molecule has 1 fully saturated rings. The van der Waals surface area contributed by atoms with E-state index in [1.54, 1.807) is 11.8 Å². The van der Waals surface area contributed by atoms with Crippen molar-refractivity contribution in [3.8, 4) is 0 Å². The number of hydrogen-bond donors (Lipinski definition) is 1. The highest BCUT2D eigenvalue weighted by atomic mass is 32.2. The van der Waals surface area contributed by atoms with Gasteiger partial charge in [0.05, 0.1) is 6.54 Å². The Balaban J connectivity index is 1.65. The van der Waals surface area contributed by atoms with E-state index in [9.17, 15) is 0 Å². The molecule has 1 saturated heterocycles. The van der Waals surface area contributed by atoms with Crippen LogP contribution in [0.25, 0.3) is 0 Å². The van der Waals surface area contributed by atoms with Gasteiger partial charge in [-0.25, -0.2) is 4.68 Å². The number of rotatable bonds is 9. The van der Waals surface area contributed by atoms with Gasteiger partial charge in [-0.3, -0.25) is 0 Å². The average molecular weight is 298 g/mol. The van der Waals surface area contributed by atoms with Crippen LogP contribution in [0.3, 0.4) is 0 Å². The molecule has 7 heteroatoms. The minimum absolute atomic E-state index is 0.679. The van der Waals surface area contributed by atoms with E-state index in [-0.39, 0.29) is 0 Å². The molecule has 0 spiro atoms. The Kier molecular flexibility index (Phi) is 6.75. The molecule has 2 heterocycles. The van der Waals surface area contributed by atoms with E-state index in [0.717, 1.165) is 37.1 Å². The molecule has 0 bridgehead atoms. The van der Waals surface area contributed by atoms with E-state index in [0.29, 0.717) is 5.92 Å². The third-order valence-electron chi connectivity index (χ3n) is 3.39. The summed E-state index contributed by atoms with van der Waals surface area (Å²) in [5.74, 6) is 1.75. The molecule has 0 radical (unpaired) electrons. The zero-order valence-electron chi connectivity index (χ0n) is 12.6. The molecular weight excluding hydrogens is 272 g/mol. The maximum atomic E-state index is 4.11. The monoisotopic (exact) mass is 298 g/mol. The minimum atomic E-state index is 0.679. The Hall–Kier alpha value is -0.660. The molecule has 1 aliphatic rings. The molecule has 0 amide bonds. The standard InChI is InChI=1S/C13H26N6S/c1-12(2)11-14-5-8-19-13(15-16-17-19)20-10-9-18-6-3-4-7-18/h12,14H,3-11H2,1-2H3. The van der Waals surface area contributed by atoms with Crippen LogP contribution in [0.5, 0.6) is 0 Å². The highest BCUT2D eigenvalue weighted by Gasteiger charge is 2.12. The van der Waals surface area contributed by atoms with Gasteiger partial charge in [-0.2, -0.15) is 0 Å². The first kappa shape index (κ1) is 15.7. The highest BCUT2D eigenvalue weighted by molar-refractivity contribution is 7.99. The fraction of sp³-hybridized carbons (Fsp3) is 0.923. The quantitative estimate of drug-likeness (QED) is 0.544. The summed E-state index contributed by atoms with van der Waals surface area (Å²) in [5.41, 5.74) is 0. The van der Waals surface area contributed by atoms with Crippen molar-refractivity contribution in [2.24, 2.45) is 5.92 Å². The van der Waals surface area contributed by atoms with Crippen molar-refractivity contribution in [2.75, 3.05) is 38.5 Å². The Morgan fingerprint density at radius 1 is 1.25 bits per heavy atom. The van der Waals surface area contributed by atoms with Gasteiger partial charge in [-0.05, 0) is 48.8 Å². The smallest absolute Gasteiger partial charge is 0.209 e. The number of tetrazole rings is 1. The SMILES string of the molecule is CC(C)CNCCn1nnnc1SCCN1CCCC1. The van der Waals surface area contributed by atoms with Gasteiger partial charge in [0.25, 0.3) is 0 Å². The predicted octanol–water partition coefficient (Wildman–Crippen LogP) is 1.11. The number of aromatic nitrogens is 4. The summed E-state index contributed by atoms with van der Waals surface area (Å²) in [6.07, 6.45) is 2.70. The van der Waals surface area contributed by atoms with Gasteiger partial charge in [0, 0.05) is 18.8 Å². The second kappa shape index (κ2) is 8.59. The van der Waals surface area contributed by atoms with Crippen LogP contribution in [-0.4, -0.2) is 63.6 Å². The zero-order chi connectivity index (χ0) is 14.2. The van der Waals surface area contributed by atoms with Crippen LogP contribution < -0.4 is 5.32 Å². The molecule has 0 atom stereocenters. The van der Waals surface area contributed by atoms with Gasteiger partial charge >= 0.3 is 0 Å². The maximum Gasteiger partial charge on any atom is 0.209 e. The molecule has 0 unspecified atom stereocenters. The Morgan fingerprint density at radius 3 is 2.80 bits per heavy atom. The van der Waals surface area contributed by atoms with E-state index < -0.39 is 0 Å². The minimum Gasteiger partial charge on any atom is -0.315 e. The molecule has 1 aromatic rings. The van der Waals surface area contributed by atoms with E-state index in [4.69, 9.17) is 0 Å². The summed E-state index contributed by atoms with van der Waals surface area (Å²) in [7, 11) is 0. The molecule has 0 saturated carbocycles. The molecule has 1 aromatic heterocycles. The lowest BCUT2D eigenvalue weighted by atomic mass is 10.2. The topological polar surface area (TPSA) is 58.9 Å². The lowest BCUT2D eigenvalue weighted by Gasteiger charge is -2.13. The second-order valence-corrected chi connectivity index (χ2v) is 6.74. The summed E-state index contributed by atoms with van der Waals surface area (Å²) in [5, 5.41) is 16.3.